The number of hydrogen-bond donors (Lipinski definition) is 1. The van der Waals surface area contributed by atoms with Crippen molar-refractivity contribution in [2.75, 3.05) is 0 Å². The molecule has 0 radical (unpaired) electrons. The lowest BCUT2D eigenvalue weighted by atomic mass is 10.2. The van der Waals surface area contributed by atoms with Crippen LogP contribution in [0.25, 0.3) is 0 Å². The van der Waals surface area contributed by atoms with Gasteiger partial charge in [0.25, 0.3) is 5.91 Å². The highest BCUT2D eigenvalue weighted by molar-refractivity contribution is 9.10. The zero-order chi connectivity index (χ0) is 11.4. The van der Waals surface area contributed by atoms with Crippen LogP contribution in [-0.4, -0.2) is 15.5 Å². The first-order valence-corrected chi connectivity index (χ1v) is 6.18. The molecule has 0 aliphatic heterocycles. The molecule has 6 heteroatoms. The van der Waals surface area contributed by atoms with Gasteiger partial charge in [0.2, 0.25) is 0 Å². The predicted molar refractivity (Wildman–Crippen MR) is 65.2 cm³/mol. The molecule has 1 aromatic carbocycles. The number of hydrogen-bond acceptors (Lipinski definition) is 4. The average Bonchev–Trinajstić information content (AvgIpc) is 2.81. The minimum Gasteiger partial charge on any atom is -0.347 e. The largest absolute Gasteiger partial charge is 0.347 e. The van der Waals surface area contributed by atoms with Crippen LogP contribution in [0.3, 0.4) is 0 Å². The molecule has 1 amide bonds. The van der Waals surface area contributed by atoms with E-state index in [0.717, 1.165) is 21.6 Å². The Bertz CT molecular complexity index is 469. The van der Waals surface area contributed by atoms with E-state index in [9.17, 15) is 4.79 Å². The minimum atomic E-state index is -0.198. The number of amides is 1. The maximum atomic E-state index is 11.5. The van der Waals surface area contributed by atoms with Gasteiger partial charge in [0.1, 0.15) is 0 Å². The Labute approximate surface area is 105 Å². The summed E-state index contributed by atoms with van der Waals surface area (Å²) in [5.74, 6) is -0.198. The van der Waals surface area contributed by atoms with Crippen molar-refractivity contribution in [3.8, 4) is 0 Å². The van der Waals surface area contributed by atoms with Gasteiger partial charge >= 0.3 is 0 Å². The number of carbonyl (C=O) groups is 1. The molecule has 0 unspecified atom stereocenters. The SMILES string of the molecule is O=C(NCc1ccc(Br)cc1)c1csnn1. The topological polar surface area (TPSA) is 54.9 Å². The van der Waals surface area contributed by atoms with E-state index < -0.39 is 0 Å². The standard InChI is InChI=1S/C10H8BrN3OS/c11-8-3-1-7(2-4-8)5-12-10(15)9-6-16-14-13-9/h1-4,6H,5H2,(H,12,15). The first kappa shape index (κ1) is 11.2. The van der Waals surface area contributed by atoms with E-state index in [-0.39, 0.29) is 5.91 Å². The molecule has 0 saturated heterocycles. The number of nitrogens with zero attached hydrogens (tertiary/aromatic N) is 2. The molecule has 0 spiro atoms. The Morgan fingerprint density at radius 3 is 2.75 bits per heavy atom. The van der Waals surface area contributed by atoms with Crippen molar-refractivity contribution in [2.45, 2.75) is 6.54 Å². The van der Waals surface area contributed by atoms with Gasteiger partial charge in [-0.3, -0.25) is 4.79 Å². The molecule has 0 aliphatic rings. The Hall–Kier alpha value is -1.27. The summed E-state index contributed by atoms with van der Waals surface area (Å²) in [5.41, 5.74) is 1.40. The second-order valence-electron chi connectivity index (χ2n) is 3.10. The van der Waals surface area contributed by atoms with Crippen LogP contribution in [0.2, 0.25) is 0 Å². The maximum absolute atomic E-state index is 11.5. The van der Waals surface area contributed by atoms with Crippen LogP contribution in [0.1, 0.15) is 16.1 Å². The third-order valence-electron chi connectivity index (χ3n) is 1.96. The molecule has 0 fully saturated rings. The summed E-state index contributed by atoms with van der Waals surface area (Å²) in [4.78, 5) is 11.5. The summed E-state index contributed by atoms with van der Waals surface area (Å²) in [6.07, 6.45) is 0. The van der Waals surface area contributed by atoms with Gasteiger partial charge in [0.15, 0.2) is 5.69 Å². The van der Waals surface area contributed by atoms with Gasteiger partial charge in [-0.05, 0) is 29.2 Å². The Morgan fingerprint density at radius 2 is 2.12 bits per heavy atom. The molecule has 4 nitrogen and oxygen atoms in total. The van der Waals surface area contributed by atoms with Crippen LogP contribution in [0.15, 0.2) is 34.1 Å². The molecule has 16 heavy (non-hydrogen) atoms. The van der Waals surface area contributed by atoms with Gasteiger partial charge in [-0.25, -0.2) is 0 Å². The lowest BCUT2D eigenvalue weighted by Gasteiger charge is -2.02. The molecule has 0 atom stereocenters. The summed E-state index contributed by atoms with van der Waals surface area (Å²) < 4.78 is 4.65. The second kappa shape index (κ2) is 5.18. The molecule has 1 N–H and O–H groups in total. The van der Waals surface area contributed by atoms with Crippen molar-refractivity contribution >= 4 is 33.4 Å². The van der Waals surface area contributed by atoms with Gasteiger partial charge in [-0.15, -0.1) is 5.10 Å². The van der Waals surface area contributed by atoms with Crippen molar-refractivity contribution in [3.05, 3.63) is 45.4 Å². The summed E-state index contributed by atoms with van der Waals surface area (Å²) >= 11 is 4.52. The molecule has 0 saturated carbocycles. The smallest absolute Gasteiger partial charge is 0.273 e. The zero-order valence-corrected chi connectivity index (χ0v) is 10.6. The highest BCUT2D eigenvalue weighted by Gasteiger charge is 2.07. The summed E-state index contributed by atoms with van der Waals surface area (Å²) in [6.45, 7) is 0.490. The van der Waals surface area contributed by atoms with Crippen LogP contribution in [0, 0.1) is 0 Å². The molecular formula is C10H8BrN3OS. The van der Waals surface area contributed by atoms with Gasteiger partial charge in [0.05, 0.1) is 0 Å². The monoisotopic (exact) mass is 297 g/mol. The summed E-state index contributed by atoms with van der Waals surface area (Å²) in [6, 6.07) is 7.77. The van der Waals surface area contributed by atoms with Crippen LogP contribution in [0.5, 0.6) is 0 Å². The van der Waals surface area contributed by atoms with E-state index in [4.69, 9.17) is 0 Å². The van der Waals surface area contributed by atoms with Crippen molar-refractivity contribution in [1.29, 1.82) is 0 Å². The third kappa shape index (κ3) is 2.86. The van der Waals surface area contributed by atoms with Crippen LogP contribution >= 0.6 is 27.5 Å². The molecule has 82 valence electrons. The first-order chi connectivity index (χ1) is 7.75. The molecule has 2 aromatic rings. The van der Waals surface area contributed by atoms with Crippen molar-refractivity contribution in [1.82, 2.24) is 14.9 Å². The summed E-state index contributed by atoms with van der Waals surface area (Å²) in [7, 11) is 0. The van der Waals surface area contributed by atoms with Crippen LogP contribution < -0.4 is 5.32 Å². The van der Waals surface area contributed by atoms with Gasteiger partial charge in [-0.2, -0.15) is 0 Å². The third-order valence-corrected chi connectivity index (χ3v) is 2.99. The average molecular weight is 298 g/mol. The second-order valence-corrected chi connectivity index (χ2v) is 4.62. The molecule has 0 bridgehead atoms. The van der Waals surface area contributed by atoms with E-state index in [1.54, 1.807) is 5.38 Å². The van der Waals surface area contributed by atoms with Crippen molar-refractivity contribution in [3.63, 3.8) is 0 Å². The highest BCUT2D eigenvalue weighted by atomic mass is 79.9. The van der Waals surface area contributed by atoms with Gasteiger partial charge < -0.3 is 5.32 Å². The Morgan fingerprint density at radius 1 is 1.38 bits per heavy atom. The highest BCUT2D eigenvalue weighted by Crippen LogP contribution is 2.10. The van der Waals surface area contributed by atoms with Gasteiger partial charge in [-0.1, -0.05) is 32.6 Å². The fraction of sp³-hybridized carbons (Fsp3) is 0.100. The fourth-order valence-corrected chi connectivity index (χ4v) is 1.84. The van der Waals surface area contributed by atoms with E-state index >= 15 is 0 Å². The Balaban J connectivity index is 1.93. The number of carbonyl (C=O) groups excluding carboxylic acids is 1. The van der Waals surface area contributed by atoms with Crippen molar-refractivity contribution < 1.29 is 4.79 Å². The lowest BCUT2D eigenvalue weighted by Crippen LogP contribution is -2.23. The quantitative estimate of drug-likeness (QED) is 0.945. The minimum absolute atomic E-state index is 0.198. The number of halogens is 1. The normalized spacial score (nSPS) is 10.1. The zero-order valence-electron chi connectivity index (χ0n) is 8.18. The number of nitrogens with one attached hydrogen (secondary N) is 1. The van der Waals surface area contributed by atoms with Crippen molar-refractivity contribution in [2.24, 2.45) is 0 Å². The number of rotatable bonds is 3. The predicted octanol–water partition coefficient (Wildman–Crippen LogP) is 2.23. The lowest BCUT2D eigenvalue weighted by molar-refractivity contribution is 0.0946. The molecule has 1 heterocycles. The van der Waals surface area contributed by atoms with Gasteiger partial charge in [0, 0.05) is 16.4 Å². The Kier molecular flexibility index (Phi) is 3.63. The first-order valence-electron chi connectivity index (χ1n) is 4.55. The summed E-state index contributed by atoms with van der Waals surface area (Å²) in [5, 5.41) is 8.08. The van der Waals surface area contributed by atoms with E-state index in [2.05, 4.69) is 30.8 Å². The van der Waals surface area contributed by atoms with E-state index in [1.165, 1.54) is 0 Å². The van der Waals surface area contributed by atoms with E-state index in [1.807, 2.05) is 24.3 Å². The molecule has 1 aromatic heterocycles. The maximum Gasteiger partial charge on any atom is 0.273 e. The van der Waals surface area contributed by atoms with Crippen LogP contribution in [-0.2, 0) is 6.54 Å². The molecule has 2 rings (SSSR count). The van der Waals surface area contributed by atoms with E-state index in [0.29, 0.717) is 12.2 Å². The fourth-order valence-electron chi connectivity index (χ4n) is 1.14. The van der Waals surface area contributed by atoms with Crippen LogP contribution in [0.4, 0.5) is 0 Å². The molecule has 0 aliphatic carbocycles. The number of aromatic nitrogens is 2. The number of benzene rings is 1. The molecular weight excluding hydrogens is 290 g/mol.